The normalized spacial score (nSPS) is 12.5. The Morgan fingerprint density at radius 2 is 2.55 bits per heavy atom. The summed E-state index contributed by atoms with van der Waals surface area (Å²) in [4.78, 5) is 9.14. The van der Waals surface area contributed by atoms with E-state index in [-0.39, 0.29) is 5.92 Å². The fraction of sp³-hybridized carbons (Fsp3) is 0.375. The largest absolute Gasteiger partial charge is 0.416 e. The molecule has 0 spiro atoms. The van der Waals surface area contributed by atoms with Crippen LogP contribution in [-0.4, -0.2) is 16.8 Å². The van der Waals surface area contributed by atoms with Crippen LogP contribution >= 0.6 is 0 Å². The van der Waals surface area contributed by atoms with Crippen LogP contribution in [0.15, 0.2) is 25.0 Å². The van der Waals surface area contributed by atoms with Gasteiger partial charge in [-0.2, -0.15) is 4.73 Å². The van der Waals surface area contributed by atoms with E-state index in [2.05, 4.69) is 11.6 Å². The minimum atomic E-state index is 0.227. The molecule has 60 valence electrons. The predicted molar refractivity (Wildman–Crippen MR) is 43.3 cm³/mol. The molecular formula is C8H12N2O. The first-order chi connectivity index (χ1) is 5.29. The Kier molecular flexibility index (Phi) is 2.31. The molecule has 0 aliphatic carbocycles. The van der Waals surface area contributed by atoms with E-state index in [4.69, 9.17) is 4.84 Å². The number of aromatic nitrogens is 2. The number of rotatable bonds is 3. The Morgan fingerprint density at radius 1 is 1.82 bits per heavy atom. The topological polar surface area (TPSA) is 27.1 Å². The van der Waals surface area contributed by atoms with E-state index in [9.17, 15) is 0 Å². The molecule has 1 rings (SSSR count). The first-order valence-electron chi connectivity index (χ1n) is 3.50. The van der Waals surface area contributed by atoms with Gasteiger partial charge in [-0.15, -0.1) is 6.58 Å². The lowest BCUT2D eigenvalue weighted by Gasteiger charge is -2.07. The molecule has 0 saturated heterocycles. The average molecular weight is 152 g/mol. The van der Waals surface area contributed by atoms with Crippen molar-refractivity contribution >= 4 is 0 Å². The van der Waals surface area contributed by atoms with Crippen LogP contribution in [0.2, 0.25) is 0 Å². The second-order valence-corrected chi connectivity index (χ2v) is 2.32. The monoisotopic (exact) mass is 152 g/mol. The van der Waals surface area contributed by atoms with Gasteiger partial charge in [0.05, 0.1) is 6.20 Å². The van der Waals surface area contributed by atoms with Crippen molar-refractivity contribution in [3.05, 3.63) is 30.9 Å². The lowest BCUT2D eigenvalue weighted by Crippen LogP contribution is -2.10. The van der Waals surface area contributed by atoms with E-state index in [1.807, 2.05) is 13.0 Å². The molecule has 0 N–H and O–H groups in total. The highest BCUT2D eigenvalue weighted by atomic mass is 16.6. The summed E-state index contributed by atoms with van der Waals surface area (Å²) in [5, 5.41) is 0. The molecule has 0 radical (unpaired) electrons. The van der Waals surface area contributed by atoms with Gasteiger partial charge >= 0.3 is 0 Å². The van der Waals surface area contributed by atoms with E-state index in [0.717, 1.165) is 5.82 Å². The Bertz CT molecular complexity index is 242. The van der Waals surface area contributed by atoms with Crippen LogP contribution in [0.4, 0.5) is 0 Å². The summed E-state index contributed by atoms with van der Waals surface area (Å²) in [5.41, 5.74) is 0. The minimum absolute atomic E-state index is 0.227. The van der Waals surface area contributed by atoms with Crippen molar-refractivity contribution < 1.29 is 4.84 Å². The second kappa shape index (κ2) is 3.23. The summed E-state index contributed by atoms with van der Waals surface area (Å²) >= 11 is 0. The fourth-order valence-electron chi connectivity index (χ4n) is 0.882. The predicted octanol–water partition coefficient (Wildman–Crippen LogP) is 1.23. The summed E-state index contributed by atoms with van der Waals surface area (Å²) in [6, 6.07) is 0. The molecule has 0 bridgehead atoms. The third kappa shape index (κ3) is 1.42. The van der Waals surface area contributed by atoms with Gasteiger partial charge in [-0.05, 0) is 0 Å². The van der Waals surface area contributed by atoms with Crippen LogP contribution in [-0.2, 0) is 0 Å². The molecule has 0 fully saturated rings. The van der Waals surface area contributed by atoms with Crippen LogP contribution in [0, 0.1) is 0 Å². The van der Waals surface area contributed by atoms with Crippen molar-refractivity contribution in [3.8, 4) is 0 Å². The van der Waals surface area contributed by atoms with Gasteiger partial charge in [-0.25, -0.2) is 4.98 Å². The maximum atomic E-state index is 5.01. The standard InChI is InChI=1S/C8H12N2O/c1-4-7(2)8-9-5-6-10(8)11-3/h4-7H,1H2,2-3H3. The lowest BCUT2D eigenvalue weighted by atomic mass is 10.2. The molecular weight excluding hydrogens is 140 g/mol. The summed E-state index contributed by atoms with van der Waals surface area (Å²) in [7, 11) is 1.61. The van der Waals surface area contributed by atoms with Gasteiger partial charge in [0, 0.05) is 12.1 Å². The van der Waals surface area contributed by atoms with Gasteiger partial charge in [-0.3, -0.25) is 0 Å². The van der Waals surface area contributed by atoms with Gasteiger partial charge in [0.2, 0.25) is 0 Å². The number of imidazole rings is 1. The van der Waals surface area contributed by atoms with Gasteiger partial charge in [-0.1, -0.05) is 13.0 Å². The third-order valence-corrected chi connectivity index (χ3v) is 1.59. The fourth-order valence-corrected chi connectivity index (χ4v) is 0.882. The van der Waals surface area contributed by atoms with Crippen LogP contribution in [0.1, 0.15) is 18.7 Å². The molecule has 0 aliphatic rings. The van der Waals surface area contributed by atoms with Crippen molar-refractivity contribution in [2.24, 2.45) is 0 Å². The Hall–Kier alpha value is -1.25. The highest BCUT2D eigenvalue weighted by molar-refractivity contribution is 5.04. The minimum Gasteiger partial charge on any atom is -0.416 e. The van der Waals surface area contributed by atoms with E-state index in [0.29, 0.717) is 0 Å². The Balaban J connectivity index is 2.91. The first-order valence-corrected chi connectivity index (χ1v) is 3.50. The zero-order valence-corrected chi connectivity index (χ0v) is 6.82. The van der Waals surface area contributed by atoms with Crippen LogP contribution < -0.4 is 4.84 Å². The Labute approximate surface area is 66.3 Å². The van der Waals surface area contributed by atoms with Crippen molar-refractivity contribution in [2.45, 2.75) is 12.8 Å². The van der Waals surface area contributed by atoms with Crippen molar-refractivity contribution in [2.75, 3.05) is 7.11 Å². The zero-order chi connectivity index (χ0) is 8.27. The Morgan fingerprint density at radius 3 is 3.09 bits per heavy atom. The van der Waals surface area contributed by atoms with Crippen molar-refractivity contribution in [1.29, 1.82) is 0 Å². The van der Waals surface area contributed by atoms with E-state index < -0.39 is 0 Å². The van der Waals surface area contributed by atoms with Crippen LogP contribution in [0.3, 0.4) is 0 Å². The SMILES string of the molecule is C=CC(C)c1nccn1OC. The highest BCUT2D eigenvalue weighted by Gasteiger charge is 2.07. The smallest absolute Gasteiger partial charge is 0.151 e. The van der Waals surface area contributed by atoms with Gasteiger partial charge in [0.25, 0.3) is 0 Å². The summed E-state index contributed by atoms with van der Waals surface area (Å²) < 4.78 is 1.63. The molecule has 0 aromatic carbocycles. The maximum absolute atomic E-state index is 5.01. The number of allylic oxidation sites excluding steroid dienone is 1. The van der Waals surface area contributed by atoms with Crippen LogP contribution in [0.25, 0.3) is 0 Å². The molecule has 3 nitrogen and oxygen atoms in total. The second-order valence-electron chi connectivity index (χ2n) is 2.32. The molecule has 1 atom stereocenters. The maximum Gasteiger partial charge on any atom is 0.151 e. The molecule has 11 heavy (non-hydrogen) atoms. The summed E-state index contributed by atoms with van der Waals surface area (Å²) in [5.74, 6) is 1.10. The van der Waals surface area contributed by atoms with E-state index >= 15 is 0 Å². The zero-order valence-electron chi connectivity index (χ0n) is 6.82. The van der Waals surface area contributed by atoms with Crippen molar-refractivity contribution in [3.63, 3.8) is 0 Å². The molecule has 1 aromatic heterocycles. The molecule has 0 aliphatic heterocycles. The van der Waals surface area contributed by atoms with E-state index in [1.165, 1.54) is 0 Å². The van der Waals surface area contributed by atoms with Crippen LogP contribution in [0.5, 0.6) is 0 Å². The third-order valence-electron chi connectivity index (χ3n) is 1.59. The number of hydrogen-bond donors (Lipinski definition) is 0. The number of nitrogens with zero attached hydrogens (tertiary/aromatic N) is 2. The van der Waals surface area contributed by atoms with Gasteiger partial charge in [0.15, 0.2) is 5.82 Å². The molecule has 0 saturated carbocycles. The average Bonchev–Trinajstić information content (AvgIpc) is 2.50. The van der Waals surface area contributed by atoms with E-state index in [1.54, 1.807) is 24.2 Å². The molecule has 3 heteroatoms. The van der Waals surface area contributed by atoms with Gasteiger partial charge in [0.1, 0.15) is 7.11 Å². The molecule has 1 unspecified atom stereocenters. The molecule has 1 aromatic rings. The number of hydrogen-bond acceptors (Lipinski definition) is 2. The van der Waals surface area contributed by atoms with Crippen molar-refractivity contribution in [1.82, 2.24) is 9.71 Å². The quantitative estimate of drug-likeness (QED) is 0.609. The molecule has 1 heterocycles. The van der Waals surface area contributed by atoms with Gasteiger partial charge < -0.3 is 4.84 Å². The molecule has 0 amide bonds. The summed E-state index contributed by atoms with van der Waals surface area (Å²) in [6.07, 6.45) is 5.31. The highest BCUT2D eigenvalue weighted by Crippen LogP contribution is 2.11. The lowest BCUT2D eigenvalue weighted by molar-refractivity contribution is 0.156. The summed E-state index contributed by atoms with van der Waals surface area (Å²) in [6.45, 7) is 5.70. The first kappa shape index (κ1) is 7.85.